The van der Waals surface area contributed by atoms with Gasteiger partial charge in [0.2, 0.25) is 0 Å². The molecule has 1 aromatic rings. The van der Waals surface area contributed by atoms with Gasteiger partial charge in [0, 0.05) is 0 Å². The minimum absolute atomic E-state index is 0. The number of hydrogen-bond donors (Lipinski definition) is 1. The maximum absolute atomic E-state index is 12.7. The molecule has 0 saturated carbocycles. The van der Waals surface area contributed by atoms with Crippen molar-refractivity contribution in [2.24, 2.45) is 0 Å². The third kappa shape index (κ3) is 3.20. The van der Waals surface area contributed by atoms with Gasteiger partial charge >= 0.3 is 6.18 Å². The van der Waals surface area contributed by atoms with Crippen molar-refractivity contribution in [3.63, 3.8) is 0 Å². The molecule has 0 bridgehead atoms. The molecule has 1 aliphatic heterocycles. The molecule has 2 nitrogen and oxygen atoms in total. The van der Waals surface area contributed by atoms with Crippen molar-refractivity contribution < 1.29 is 13.2 Å². The normalized spacial score (nSPS) is 18.2. The number of nitriles is 1. The second kappa shape index (κ2) is 5.81. The predicted octanol–water partition coefficient (Wildman–Crippen LogP) is 3.27. The Morgan fingerprint density at radius 1 is 1.21 bits per heavy atom. The van der Waals surface area contributed by atoms with Crippen molar-refractivity contribution in [3.05, 3.63) is 35.4 Å². The van der Waals surface area contributed by atoms with Gasteiger partial charge in [0.05, 0.1) is 17.0 Å². The Hall–Kier alpha value is -1.25. The van der Waals surface area contributed by atoms with Gasteiger partial charge < -0.3 is 5.32 Å². The Labute approximate surface area is 116 Å². The number of nitrogens with one attached hydrogen (secondary N) is 1. The zero-order valence-corrected chi connectivity index (χ0v) is 10.9. The molecule has 6 heteroatoms. The molecule has 1 saturated heterocycles. The number of nitrogens with zero attached hydrogens (tertiary/aromatic N) is 1. The van der Waals surface area contributed by atoms with E-state index in [4.69, 9.17) is 0 Å². The molecule has 1 heterocycles. The van der Waals surface area contributed by atoms with Crippen LogP contribution < -0.4 is 5.32 Å². The second-order valence-electron chi connectivity index (χ2n) is 4.52. The summed E-state index contributed by atoms with van der Waals surface area (Å²) in [6.07, 6.45) is -3.27. The first-order valence-electron chi connectivity index (χ1n) is 5.78. The Morgan fingerprint density at radius 3 is 2.37 bits per heavy atom. The molecule has 0 amide bonds. The van der Waals surface area contributed by atoms with E-state index in [0.717, 1.165) is 12.1 Å². The van der Waals surface area contributed by atoms with E-state index < -0.39 is 17.2 Å². The highest BCUT2D eigenvalue weighted by molar-refractivity contribution is 5.85. The van der Waals surface area contributed by atoms with E-state index >= 15 is 0 Å². The number of benzene rings is 1. The minimum atomic E-state index is -4.36. The van der Waals surface area contributed by atoms with Gasteiger partial charge in [0.15, 0.2) is 0 Å². The van der Waals surface area contributed by atoms with Gasteiger partial charge in [-0.25, -0.2) is 0 Å². The molecule has 0 aliphatic carbocycles. The van der Waals surface area contributed by atoms with Crippen molar-refractivity contribution in [1.29, 1.82) is 5.26 Å². The maximum atomic E-state index is 12.7. The summed E-state index contributed by atoms with van der Waals surface area (Å²) in [6.45, 7) is 1.31. The van der Waals surface area contributed by atoms with Crippen molar-refractivity contribution in [2.45, 2.75) is 24.4 Å². The van der Waals surface area contributed by atoms with Crippen LogP contribution in [-0.2, 0) is 11.6 Å². The van der Waals surface area contributed by atoms with E-state index in [2.05, 4.69) is 11.4 Å². The van der Waals surface area contributed by atoms with Crippen LogP contribution in [-0.4, -0.2) is 13.1 Å². The maximum Gasteiger partial charge on any atom is 0.416 e. The zero-order chi connectivity index (χ0) is 13.2. The third-order valence-corrected chi connectivity index (χ3v) is 3.41. The van der Waals surface area contributed by atoms with E-state index in [1.54, 1.807) is 6.07 Å². The zero-order valence-electron chi connectivity index (χ0n) is 10.1. The van der Waals surface area contributed by atoms with Crippen LogP contribution in [0.5, 0.6) is 0 Å². The first kappa shape index (κ1) is 15.8. The van der Waals surface area contributed by atoms with Crippen LogP contribution in [0.15, 0.2) is 24.3 Å². The number of halogens is 4. The molecule has 0 spiro atoms. The highest BCUT2D eigenvalue weighted by atomic mass is 35.5. The highest BCUT2D eigenvalue weighted by Gasteiger charge is 2.37. The van der Waals surface area contributed by atoms with Crippen LogP contribution in [0.4, 0.5) is 13.2 Å². The molecule has 0 radical (unpaired) electrons. The highest BCUT2D eigenvalue weighted by Crippen LogP contribution is 2.36. The second-order valence-corrected chi connectivity index (χ2v) is 4.52. The van der Waals surface area contributed by atoms with Crippen molar-refractivity contribution >= 4 is 12.4 Å². The average molecular weight is 291 g/mol. The molecule has 1 fully saturated rings. The van der Waals surface area contributed by atoms with Crippen molar-refractivity contribution in [3.8, 4) is 6.07 Å². The van der Waals surface area contributed by atoms with Crippen LogP contribution in [0, 0.1) is 11.3 Å². The number of rotatable bonds is 1. The fourth-order valence-corrected chi connectivity index (χ4v) is 2.31. The summed E-state index contributed by atoms with van der Waals surface area (Å²) in [5, 5.41) is 12.4. The van der Waals surface area contributed by atoms with Crippen LogP contribution >= 0.6 is 12.4 Å². The Morgan fingerprint density at radius 2 is 1.84 bits per heavy atom. The Bertz CT molecular complexity index is 474. The summed E-state index contributed by atoms with van der Waals surface area (Å²) >= 11 is 0. The van der Waals surface area contributed by atoms with E-state index in [0.29, 0.717) is 31.5 Å². The first-order valence-corrected chi connectivity index (χ1v) is 5.78. The summed E-state index contributed by atoms with van der Waals surface area (Å²) in [5.74, 6) is 0. The standard InChI is InChI=1S/C13H13F3N2.ClH/c14-13(15,16)11-3-1-2-10(8-11)12(9-17)4-6-18-7-5-12;/h1-3,8,18H,4-7H2;1H. The van der Waals surface area contributed by atoms with Gasteiger partial charge in [0.25, 0.3) is 0 Å². The van der Waals surface area contributed by atoms with Gasteiger partial charge in [-0.3, -0.25) is 0 Å². The van der Waals surface area contributed by atoms with E-state index in [1.165, 1.54) is 6.07 Å². The van der Waals surface area contributed by atoms with Crippen LogP contribution in [0.1, 0.15) is 24.0 Å². The van der Waals surface area contributed by atoms with Gasteiger partial charge in [-0.15, -0.1) is 12.4 Å². The quantitative estimate of drug-likeness (QED) is 0.861. The lowest BCUT2D eigenvalue weighted by Gasteiger charge is -2.32. The SMILES string of the molecule is Cl.N#CC1(c2cccc(C(F)(F)F)c2)CCNCC1. The Balaban J connectivity index is 0.00000180. The van der Waals surface area contributed by atoms with Crippen molar-refractivity contribution in [2.75, 3.05) is 13.1 Å². The summed E-state index contributed by atoms with van der Waals surface area (Å²) in [4.78, 5) is 0. The molecule has 0 atom stereocenters. The average Bonchev–Trinajstić information content (AvgIpc) is 2.39. The fraction of sp³-hybridized carbons (Fsp3) is 0.462. The fourth-order valence-electron chi connectivity index (χ4n) is 2.31. The monoisotopic (exact) mass is 290 g/mol. The van der Waals surface area contributed by atoms with E-state index in [9.17, 15) is 18.4 Å². The van der Waals surface area contributed by atoms with Crippen LogP contribution in [0.2, 0.25) is 0 Å². The summed E-state index contributed by atoms with van der Waals surface area (Å²) in [5.41, 5.74) is -0.999. The number of hydrogen-bond acceptors (Lipinski definition) is 2. The topological polar surface area (TPSA) is 35.8 Å². The molecule has 1 aromatic carbocycles. The summed E-state index contributed by atoms with van der Waals surface area (Å²) < 4.78 is 38.0. The van der Waals surface area contributed by atoms with Gasteiger partial charge in [-0.1, -0.05) is 18.2 Å². The molecule has 19 heavy (non-hydrogen) atoms. The van der Waals surface area contributed by atoms with E-state index in [1.807, 2.05) is 0 Å². The molecule has 2 rings (SSSR count). The number of alkyl halides is 3. The molecule has 104 valence electrons. The molecular formula is C13H14ClF3N2. The smallest absolute Gasteiger partial charge is 0.317 e. The lowest BCUT2D eigenvalue weighted by Crippen LogP contribution is -2.39. The lowest BCUT2D eigenvalue weighted by molar-refractivity contribution is -0.137. The molecule has 1 aliphatic rings. The van der Waals surface area contributed by atoms with Crippen LogP contribution in [0.25, 0.3) is 0 Å². The molecule has 0 aromatic heterocycles. The van der Waals surface area contributed by atoms with Gasteiger partial charge in [-0.2, -0.15) is 18.4 Å². The van der Waals surface area contributed by atoms with Gasteiger partial charge in [-0.05, 0) is 37.6 Å². The summed E-state index contributed by atoms with van der Waals surface area (Å²) in [6, 6.07) is 7.34. The molecule has 1 N–H and O–H groups in total. The third-order valence-electron chi connectivity index (χ3n) is 3.41. The van der Waals surface area contributed by atoms with E-state index in [-0.39, 0.29) is 12.4 Å². The predicted molar refractivity (Wildman–Crippen MR) is 68.1 cm³/mol. The van der Waals surface area contributed by atoms with Crippen molar-refractivity contribution in [1.82, 2.24) is 5.32 Å². The first-order chi connectivity index (χ1) is 8.48. The Kier molecular flexibility index (Phi) is 4.83. The minimum Gasteiger partial charge on any atom is -0.317 e. The van der Waals surface area contributed by atoms with Crippen LogP contribution in [0.3, 0.4) is 0 Å². The lowest BCUT2D eigenvalue weighted by atomic mass is 9.74. The number of piperidine rings is 1. The summed E-state index contributed by atoms with van der Waals surface area (Å²) in [7, 11) is 0. The van der Waals surface area contributed by atoms with Gasteiger partial charge in [0.1, 0.15) is 0 Å². The molecule has 0 unspecified atom stereocenters. The molecular weight excluding hydrogens is 277 g/mol. The largest absolute Gasteiger partial charge is 0.416 e.